The van der Waals surface area contributed by atoms with Crippen molar-refractivity contribution in [1.29, 1.82) is 0 Å². The van der Waals surface area contributed by atoms with Crippen molar-refractivity contribution in [3.8, 4) is 22.6 Å². The largest absolute Gasteiger partial charge is 0.453 e. The van der Waals surface area contributed by atoms with Gasteiger partial charge in [0.15, 0.2) is 23.8 Å². The molecule has 0 bridgehead atoms. The molecular weight excluding hydrogens is 428 g/mol. The van der Waals surface area contributed by atoms with Gasteiger partial charge in [-0.2, -0.15) is 0 Å². The molecule has 0 aliphatic rings. The minimum absolute atomic E-state index is 0.223. The number of benzene rings is 2. The number of aromatic nitrogens is 1. The van der Waals surface area contributed by atoms with Crippen LogP contribution in [0.3, 0.4) is 0 Å². The summed E-state index contributed by atoms with van der Waals surface area (Å²) in [6.45, 7) is 1.50. The number of rotatable bonds is 7. The van der Waals surface area contributed by atoms with E-state index in [9.17, 15) is 14.4 Å². The molecule has 2 aromatic heterocycles. The second-order valence-corrected chi connectivity index (χ2v) is 8.01. The highest BCUT2D eigenvalue weighted by molar-refractivity contribution is 7.16. The van der Waals surface area contributed by atoms with Gasteiger partial charge in [0.25, 0.3) is 5.91 Å². The normalized spacial score (nSPS) is 10.5. The Labute approximate surface area is 187 Å². The van der Waals surface area contributed by atoms with Crippen LogP contribution in [0.25, 0.3) is 22.6 Å². The van der Waals surface area contributed by atoms with Gasteiger partial charge in [0, 0.05) is 16.0 Å². The average Bonchev–Trinajstić information content (AvgIpc) is 3.44. The van der Waals surface area contributed by atoms with Gasteiger partial charge in [-0.25, -0.2) is 9.78 Å². The molecule has 0 atom stereocenters. The molecule has 0 radical (unpaired) electrons. The first-order valence-corrected chi connectivity index (χ1v) is 10.5. The van der Waals surface area contributed by atoms with Crippen LogP contribution >= 0.6 is 11.3 Å². The van der Waals surface area contributed by atoms with E-state index in [4.69, 9.17) is 9.15 Å². The van der Waals surface area contributed by atoms with Gasteiger partial charge < -0.3 is 9.15 Å². The summed E-state index contributed by atoms with van der Waals surface area (Å²) < 4.78 is 10.5. The van der Waals surface area contributed by atoms with Crippen LogP contribution in [0.15, 0.2) is 71.1 Å². The first-order valence-electron chi connectivity index (χ1n) is 9.69. The zero-order chi connectivity index (χ0) is 22.5. The van der Waals surface area contributed by atoms with Crippen molar-refractivity contribution in [3.63, 3.8) is 0 Å². The van der Waals surface area contributed by atoms with Crippen LogP contribution in [0, 0.1) is 6.92 Å². The smallest absolute Gasteiger partial charge is 0.338 e. The quantitative estimate of drug-likeness (QED) is 0.317. The van der Waals surface area contributed by atoms with Crippen LogP contribution in [0.1, 0.15) is 25.8 Å². The van der Waals surface area contributed by atoms with E-state index in [1.165, 1.54) is 11.3 Å². The van der Waals surface area contributed by atoms with Gasteiger partial charge >= 0.3 is 5.97 Å². The van der Waals surface area contributed by atoms with Gasteiger partial charge in [-0.15, -0.1) is 11.3 Å². The van der Waals surface area contributed by atoms with Crippen molar-refractivity contribution < 1.29 is 23.5 Å². The number of nitrogens with one attached hydrogen (secondary N) is 1. The number of esters is 1. The standard InChI is InChI=1S/C24H18N2O5S/c1-15-22(17-5-3-2-4-6-17)26-24(32-15)25-21(28)14-30-23(29)18-9-7-16(8-10-18)20-12-11-19(13-27)31-20/h2-13H,14H2,1H3,(H,25,26,28). The minimum atomic E-state index is -0.625. The van der Waals surface area contributed by atoms with Gasteiger partial charge in [-0.3, -0.25) is 14.9 Å². The maximum atomic E-state index is 12.3. The van der Waals surface area contributed by atoms with Crippen molar-refractivity contribution >= 4 is 34.6 Å². The predicted octanol–water partition coefficient (Wildman–Crippen LogP) is 4.99. The number of carbonyl (C=O) groups is 3. The van der Waals surface area contributed by atoms with Gasteiger partial charge in [-0.1, -0.05) is 42.5 Å². The zero-order valence-corrected chi connectivity index (χ0v) is 17.8. The highest BCUT2D eigenvalue weighted by atomic mass is 32.1. The van der Waals surface area contributed by atoms with E-state index in [0.717, 1.165) is 16.1 Å². The Balaban J connectivity index is 1.33. The van der Waals surface area contributed by atoms with Crippen molar-refractivity contribution in [3.05, 3.63) is 82.9 Å². The third-order valence-corrected chi connectivity index (χ3v) is 5.46. The molecule has 160 valence electrons. The Kier molecular flexibility index (Phi) is 6.23. The molecule has 0 aliphatic carbocycles. The summed E-state index contributed by atoms with van der Waals surface area (Å²) in [6.07, 6.45) is 0.621. The van der Waals surface area contributed by atoms with E-state index in [1.807, 2.05) is 37.3 Å². The molecule has 0 aliphatic heterocycles. The van der Waals surface area contributed by atoms with E-state index in [2.05, 4.69) is 10.3 Å². The maximum Gasteiger partial charge on any atom is 0.338 e. The molecule has 32 heavy (non-hydrogen) atoms. The van der Waals surface area contributed by atoms with Crippen molar-refractivity contribution in [2.75, 3.05) is 11.9 Å². The van der Waals surface area contributed by atoms with Crippen LogP contribution < -0.4 is 5.32 Å². The lowest BCUT2D eigenvalue weighted by atomic mass is 10.1. The van der Waals surface area contributed by atoms with E-state index in [1.54, 1.807) is 36.4 Å². The first kappa shape index (κ1) is 21.2. The summed E-state index contributed by atoms with van der Waals surface area (Å²) in [4.78, 5) is 40.6. The molecule has 4 rings (SSSR count). The fourth-order valence-electron chi connectivity index (χ4n) is 3.03. The monoisotopic (exact) mass is 446 g/mol. The number of anilines is 1. The number of aldehydes is 1. The van der Waals surface area contributed by atoms with E-state index >= 15 is 0 Å². The molecule has 2 aromatic carbocycles. The molecular formula is C24H18N2O5S. The molecule has 1 N–H and O–H groups in total. The van der Waals surface area contributed by atoms with E-state index < -0.39 is 18.5 Å². The third kappa shape index (κ3) is 4.81. The lowest BCUT2D eigenvalue weighted by Crippen LogP contribution is -2.20. The first-order chi connectivity index (χ1) is 15.5. The Bertz CT molecular complexity index is 1260. The van der Waals surface area contributed by atoms with E-state index in [0.29, 0.717) is 28.3 Å². The number of aryl methyl sites for hydroxylation is 1. The summed E-state index contributed by atoms with van der Waals surface area (Å²) >= 11 is 1.36. The Morgan fingerprint density at radius 1 is 1.03 bits per heavy atom. The number of hydrogen-bond acceptors (Lipinski definition) is 7. The van der Waals surface area contributed by atoms with Crippen molar-refractivity contribution in [2.45, 2.75) is 6.92 Å². The van der Waals surface area contributed by atoms with Crippen molar-refractivity contribution in [1.82, 2.24) is 4.98 Å². The second kappa shape index (κ2) is 9.40. The van der Waals surface area contributed by atoms with E-state index in [-0.39, 0.29) is 5.76 Å². The molecule has 0 saturated carbocycles. The number of carbonyl (C=O) groups excluding carboxylic acids is 3. The molecule has 0 unspecified atom stereocenters. The van der Waals surface area contributed by atoms with Gasteiger partial charge in [-0.05, 0) is 31.2 Å². The summed E-state index contributed by atoms with van der Waals surface area (Å²) in [5.74, 6) is -0.360. The zero-order valence-electron chi connectivity index (χ0n) is 17.0. The number of ether oxygens (including phenoxy) is 1. The number of nitrogens with zero attached hydrogens (tertiary/aromatic N) is 1. The molecule has 4 aromatic rings. The summed E-state index contributed by atoms with van der Waals surface area (Å²) in [5.41, 5.74) is 2.77. The third-order valence-electron chi connectivity index (χ3n) is 4.57. The molecule has 7 nitrogen and oxygen atoms in total. The SMILES string of the molecule is Cc1sc(NC(=O)COC(=O)c2ccc(-c3ccc(C=O)o3)cc2)nc1-c1ccccc1. The predicted molar refractivity (Wildman–Crippen MR) is 121 cm³/mol. The fraction of sp³-hybridized carbons (Fsp3) is 0.0833. The molecule has 0 spiro atoms. The molecule has 0 fully saturated rings. The Hall–Kier alpha value is -4.04. The Morgan fingerprint density at radius 2 is 1.78 bits per heavy atom. The van der Waals surface area contributed by atoms with Crippen LogP contribution in [0.4, 0.5) is 5.13 Å². The van der Waals surface area contributed by atoms with Gasteiger partial charge in [0.05, 0.1) is 11.3 Å². The number of amides is 1. The molecule has 1 amide bonds. The molecule has 8 heteroatoms. The number of furan rings is 1. The lowest BCUT2D eigenvalue weighted by molar-refractivity contribution is -0.119. The van der Waals surface area contributed by atoms with Crippen molar-refractivity contribution in [2.24, 2.45) is 0 Å². The summed E-state index contributed by atoms with van der Waals surface area (Å²) in [6, 6.07) is 19.4. The van der Waals surface area contributed by atoms with Crippen LogP contribution in [0.2, 0.25) is 0 Å². The minimum Gasteiger partial charge on any atom is -0.453 e. The maximum absolute atomic E-state index is 12.3. The average molecular weight is 446 g/mol. The molecule has 2 heterocycles. The topological polar surface area (TPSA) is 98.5 Å². The van der Waals surface area contributed by atoms with Crippen LogP contribution in [-0.4, -0.2) is 29.8 Å². The lowest BCUT2D eigenvalue weighted by Gasteiger charge is -2.05. The summed E-state index contributed by atoms with van der Waals surface area (Å²) in [7, 11) is 0. The van der Waals surface area contributed by atoms with Crippen LogP contribution in [-0.2, 0) is 9.53 Å². The van der Waals surface area contributed by atoms with Gasteiger partial charge in [0.1, 0.15) is 5.76 Å². The fourth-order valence-corrected chi connectivity index (χ4v) is 3.88. The number of hydrogen-bond donors (Lipinski definition) is 1. The highest BCUT2D eigenvalue weighted by Gasteiger charge is 2.15. The Morgan fingerprint density at radius 3 is 2.47 bits per heavy atom. The highest BCUT2D eigenvalue weighted by Crippen LogP contribution is 2.30. The second-order valence-electron chi connectivity index (χ2n) is 6.81. The number of thiazole rings is 1. The molecule has 0 saturated heterocycles. The van der Waals surface area contributed by atoms with Crippen LogP contribution in [0.5, 0.6) is 0 Å². The van der Waals surface area contributed by atoms with Gasteiger partial charge in [0.2, 0.25) is 0 Å². The summed E-state index contributed by atoms with van der Waals surface area (Å²) in [5, 5.41) is 3.11.